The van der Waals surface area contributed by atoms with Gasteiger partial charge in [0.1, 0.15) is 5.75 Å². The third-order valence-corrected chi connectivity index (χ3v) is 2.67. The fourth-order valence-corrected chi connectivity index (χ4v) is 1.69. The van der Waals surface area contributed by atoms with E-state index in [0.29, 0.717) is 18.8 Å². The summed E-state index contributed by atoms with van der Waals surface area (Å²) in [6.45, 7) is 0.664. The summed E-state index contributed by atoms with van der Waals surface area (Å²) in [5.74, 6) is 0.729. The Balaban J connectivity index is 1.84. The number of aromatic hydroxyl groups is 1. The zero-order chi connectivity index (χ0) is 12.8. The van der Waals surface area contributed by atoms with E-state index in [9.17, 15) is 5.11 Å². The largest absolute Gasteiger partial charge is 0.508 e. The molecule has 2 aromatic rings. The molecule has 0 amide bonds. The summed E-state index contributed by atoms with van der Waals surface area (Å²) >= 11 is 0. The summed E-state index contributed by atoms with van der Waals surface area (Å²) in [5, 5.41) is 20.1. The highest BCUT2D eigenvalue weighted by Gasteiger charge is 1.99. The molecule has 3 heteroatoms. The Bertz CT molecular complexity index is 506. The Morgan fingerprint density at radius 2 is 1.61 bits per heavy atom. The number of phenolic OH excluding ortho intramolecular Hbond substituents is 1. The van der Waals surface area contributed by atoms with E-state index in [1.165, 1.54) is 0 Å². The molecule has 0 atom stereocenters. The second kappa shape index (κ2) is 5.87. The van der Waals surface area contributed by atoms with Crippen molar-refractivity contribution in [2.24, 2.45) is 0 Å². The Hall–Kier alpha value is -2.29. The van der Waals surface area contributed by atoms with Crippen molar-refractivity contribution in [2.75, 3.05) is 0 Å². The lowest BCUT2D eigenvalue weighted by atomic mass is 10.1. The van der Waals surface area contributed by atoms with Crippen LogP contribution in [0.1, 0.15) is 11.1 Å². The van der Waals surface area contributed by atoms with Crippen molar-refractivity contribution in [3.8, 4) is 5.75 Å². The van der Waals surface area contributed by atoms with Crippen LogP contribution < -0.4 is 5.32 Å². The molecular weight excluding hydrogens is 224 g/mol. The van der Waals surface area contributed by atoms with Gasteiger partial charge in [-0.2, -0.15) is 0 Å². The molecule has 0 aliphatic carbocycles. The van der Waals surface area contributed by atoms with Crippen molar-refractivity contribution in [1.29, 1.82) is 5.41 Å². The Morgan fingerprint density at radius 3 is 2.28 bits per heavy atom. The van der Waals surface area contributed by atoms with Crippen LogP contribution in [0.15, 0.2) is 54.6 Å². The average molecular weight is 240 g/mol. The maximum atomic E-state index is 9.17. The molecule has 0 aliphatic heterocycles. The van der Waals surface area contributed by atoms with Crippen molar-refractivity contribution >= 4 is 5.84 Å². The molecule has 0 radical (unpaired) electrons. The van der Waals surface area contributed by atoms with Crippen molar-refractivity contribution in [2.45, 2.75) is 13.0 Å². The predicted octanol–water partition coefficient (Wildman–Crippen LogP) is 2.70. The van der Waals surface area contributed by atoms with E-state index in [0.717, 1.165) is 11.1 Å². The van der Waals surface area contributed by atoms with Gasteiger partial charge in [0, 0.05) is 13.0 Å². The van der Waals surface area contributed by atoms with E-state index in [1.807, 2.05) is 42.5 Å². The van der Waals surface area contributed by atoms with Crippen LogP contribution in [0.3, 0.4) is 0 Å². The van der Waals surface area contributed by atoms with Gasteiger partial charge in [0.15, 0.2) is 0 Å². The number of phenols is 1. The number of benzene rings is 2. The summed E-state index contributed by atoms with van der Waals surface area (Å²) in [4.78, 5) is 0. The van der Waals surface area contributed by atoms with Crippen LogP contribution in [0.2, 0.25) is 0 Å². The lowest BCUT2D eigenvalue weighted by molar-refractivity contribution is 0.475. The maximum absolute atomic E-state index is 9.17. The van der Waals surface area contributed by atoms with Crippen LogP contribution in [-0.4, -0.2) is 10.9 Å². The van der Waals surface area contributed by atoms with Crippen molar-refractivity contribution in [3.05, 3.63) is 65.7 Å². The normalized spacial score (nSPS) is 10.0. The third-order valence-electron chi connectivity index (χ3n) is 2.67. The molecule has 0 saturated heterocycles. The third kappa shape index (κ3) is 3.63. The standard InChI is InChI=1S/C15H16N2O/c16-15(10-12-6-8-14(18)9-7-12)17-11-13-4-2-1-3-5-13/h1-9,18H,10-11H2,(H2,16,17). The molecule has 18 heavy (non-hydrogen) atoms. The van der Waals surface area contributed by atoms with Gasteiger partial charge >= 0.3 is 0 Å². The molecule has 2 rings (SSSR count). The molecule has 0 aromatic heterocycles. The molecule has 0 bridgehead atoms. The first-order valence-corrected chi connectivity index (χ1v) is 5.87. The average Bonchev–Trinajstić information content (AvgIpc) is 2.40. The smallest absolute Gasteiger partial charge is 0.115 e. The number of hydrogen-bond donors (Lipinski definition) is 3. The quantitative estimate of drug-likeness (QED) is 0.568. The zero-order valence-corrected chi connectivity index (χ0v) is 10.1. The SMILES string of the molecule is N=C(Cc1ccc(O)cc1)NCc1ccccc1. The van der Waals surface area contributed by atoms with Gasteiger partial charge in [-0.05, 0) is 23.3 Å². The fourth-order valence-electron chi connectivity index (χ4n) is 1.69. The van der Waals surface area contributed by atoms with Gasteiger partial charge in [-0.3, -0.25) is 5.41 Å². The predicted molar refractivity (Wildman–Crippen MR) is 72.8 cm³/mol. The number of rotatable bonds is 4. The molecule has 0 spiro atoms. The zero-order valence-electron chi connectivity index (χ0n) is 10.1. The van der Waals surface area contributed by atoms with E-state index >= 15 is 0 Å². The Morgan fingerprint density at radius 1 is 0.944 bits per heavy atom. The lowest BCUT2D eigenvalue weighted by Gasteiger charge is -2.08. The molecule has 0 saturated carbocycles. The minimum Gasteiger partial charge on any atom is -0.508 e. The second-order valence-electron chi connectivity index (χ2n) is 4.16. The fraction of sp³-hybridized carbons (Fsp3) is 0.133. The number of amidine groups is 1. The lowest BCUT2D eigenvalue weighted by Crippen LogP contribution is -2.23. The van der Waals surface area contributed by atoms with Gasteiger partial charge in [0.25, 0.3) is 0 Å². The maximum Gasteiger partial charge on any atom is 0.115 e. The molecule has 3 N–H and O–H groups in total. The molecule has 2 aromatic carbocycles. The van der Waals surface area contributed by atoms with Gasteiger partial charge in [-0.1, -0.05) is 42.5 Å². The van der Waals surface area contributed by atoms with Crippen LogP contribution in [0.4, 0.5) is 0 Å². The van der Waals surface area contributed by atoms with E-state index < -0.39 is 0 Å². The molecular formula is C15H16N2O. The van der Waals surface area contributed by atoms with Crippen LogP contribution in [0.5, 0.6) is 5.75 Å². The first kappa shape index (κ1) is 12.2. The summed E-state index contributed by atoms with van der Waals surface area (Å²) in [6.07, 6.45) is 0.549. The van der Waals surface area contributed by atoms with Crippen LogP contribution in [0.25, 0.3) is 0 Å². The minimum absolute atomic E-state index is 0.252. The number of hydrogen-bond acceptors (Lipinski definition) is 2. The van der Waals surface area contributed by atoms with Crippen LogP contribution in [0, 0.1) is 5.41 Å². The Labute approximate surface area is 107 Å². The topological polar surface area (TPSA) is 56.1 Å². The van der Waals surface area contributed by atoms with Gasteiger partial charge in [0.2, 0.25) is 0 Å². The van der Waals surface area contributed by atoms with Crippen molar-refractivity contribution < 1.29 is 5.11 Å². The summed E-state index contributed by atoms with van der Waals surface area (Å²) in [6, 6.07) is 16.9. The van der Waals surface area contributed by atoms with E-state index in [4.69, 9.17) is 5.41 Å². The molecule has 3 nitrogen and oxygen atoms in total. The first-order valence-electron chi connectivity index (χ1n) is 5.87. The molecule has 0 aliphatic rings. The summed E-state index contributed by atoms with van der Waals surface area (Å²) < 4.78 is 0. The highest BCUT2D eigenvalue weighted by atomic mass is 16.3. The first-order chi connectivity index (χ1) is 8.74. The van der Waals surface area contributed by atoms with Crippen molar-refractivity contribution in [3.63, 3.8) is 0 Å². The van der Waals surface area contributed by atoms with E-state index in [-0.39, 0.29) is 5.75 Å². The van der Waals surface area contributed by atoms with Crippen LogP contribution in [-0.2, 0) is 13.0 Å². The van der Waals surface area contributed by atoms with Gasteiger partial charge in [-0.15, -0.1) is 0 Å². The summed E-state index contributed by atoms with van der Waals surface area (Å²) in [7, 11) is 0. The highest BCUT2D eigenvalue weighted by molar-refractivity contribution is 5.81. The second-order valence-corrected chi connectivity index (χ2v) is 4.16. The molecule has 92 valence electrons. The van der Waals surface area contributed by atoms with Crippen molar-refractivity contribution in [1.82, 2.24) is 5.32 Å². The van der Waals surface area contributed by atoms with E-state index in [2.05, 4.69) is 5.32 Å². The highest BCUT2D eigenvalue weighted by Crippen LogP contribution is 2.10. The van der Waals surface area contributed by atoms with Gasteiger partial charge < -0.3 is 10.4 Å². The van der Waals surface area contributed by atoms with E-state index in [1.54, 1.807) is 12.1 Å². The molecule has 0 heterocycles. The summed E-state index contributed by atoms with van der Waals surface area (Å²) in [5.41, 5.74) is 2.17. The van der Waals surface area contributed by atoms with Gasteiger partial charge in [-0.25, -0.2) is 0 Å². The molecule has 0 unspecified atom stereocenters. The van der Waals surface area contributed by atoms with Gasteiger partial charge in [0.05, 0.1) is 5.84 Å². The Kier molecular flexibility index (Phi) is 3.97. The minimum atomic E-state index is 0.252. The van der Waals surface area contributed by atoms with Crippen LogP contribution >= 0.6 is 0 Å². The molecule has 0 fully saturated rings. The number of nitrogens with one attached hydrogen (secondary N) is 2. The monoisotopic (exact) mass is 240 g/mol.